The highest BCUT2D eigenvalue weighted by atomic mass is 15.3. The zero-order chi connectivity index (χ0) is 14.9. The standard InChI is InChI=1S/C16H28N4/c1-7-13-9-8-11(4)20(13)16-12(5)15(17-6)18-14(19-16)10(2)3/h10-11,13H,7-9H2,1-6H3,(H,17,18,19). The van der Waals surface area contributed by atoms with Gasteiger partial charge in [0.15, 0.2) is 0 Å². The Kier molecular flexibility index (Phi) is 4.51. The molecule has 0 saturated carbocycles. The van der Waals surface area contributed by atoms with Crippen LogP contribution in [0.2, 0.25) is 0 Å². The minimum atomic E-state index is 0.347. The molecule has 4 nitrogen and oxygen atoms in total. The summed E-state index contributed by atoms with van der Waals surface area (Å²) in [5.41, 5.74) is 1.17. The fourth-order valence-corrected chi connectivity index (χ4v) is 3.13. The van der Waals surface area contributed by atoms with Gasteiger partial charge in [-0.25, -0.2) is 9.97 Å². The van der Waals surface area contributed by atoms with E-state index < -0.39 is 0 Å². The maximum absolute atomic E-state index is 4.89. The summed E-state index contributed by atoms with van der Waals surface area (Å²) in [6.45, 7) is 11.0. The van der Waals surface area contributed by atoms with Crippen LogP contribution in [0.1, 0.15) is 64.3 Å². The van der Waals surface area contributed by atoms with E-state index in [1.54, 1.807) is 0 Å². The van der Waals surface area contributed by atoms with Crippen LogP contribution in [0.15, 0.2) is 0 Å². The number of nitrogens with zero attached hydrogens (tertiary/aromatic N) is 3. The van der Waals surface area contributed by atoms with Crippen molar-refractivity contribution in [1.29, 1.82) is 0 Å². The largest absolute Gasteiger partial charge is 0.373 e. The van der Waals surface area contributed by atoms with Gasteiger partial charge in [-0.2, -0.15) is 0 Å². The molecule has 4 heteroatoms. The number of nitrogens with one attached hydrogen (secondary N) is 1. The molecule has 2 heterocycles. The molecule has 1 aliphatic rings. The van der Waals surface area contributed by atoms with Gasteiger partial charge >= 0.3 is 0 Å². The second-order valence-electron chi connectivity index (χ2n) is 6.18. The Morgan fingerprint density at radius 3 is 2.55 bits per heavy atom. The molecule has 1 N–H and O–H groups in total. The molecule has 2 atom stereocenters. The van der Waals surface area contributed by atoms with E-state index in [2.05, 4.69) is 49.8 Å². The lowest BCUT2D eigenvalue weighted by molar-refractivity contribution is 0.614. The van der Waals surface area contributed by atoms with Crippen LogP contribution < -0.4 is 10.2 Å². The van der Waals surface area contributed by atoms with Crippen LogP contribution in [0.3, 0.4) is 0 Å². The zero-order valence-electron chi connectivity index (χ0n) is 13.7. The summed E-state index contributed by atoms with van der Waals surface area (Å²) in [7, 11) is 1.94. The SMILES string of the molecule is CCC1CCC(C)N1c1nc(C(C)C)nc(NC)c1C. The molecular weight excluding hydrogens is 248 g/mol. The topological polar surface area (TPSA) is 41.1 Å². The van der Waals surface area contributed by atoms with Gasteiger partial charge in [0.25, 0.3) is 0 Å². The maximum Gasteiger partial charge on any atom is 0.137 e. The van der Waals surface area contributed by atoms with Gasteiger partial charge in [0.2, 0.25) is 0 Å². The Morgan fingerprint density at radius 1 is 1.30 bits per heavy atom. The van der Waals surface area contributed by atoms with Crippen molar-refractivity contribution in [3.63, 3.8) is 0 Å². The van der Waals surface area contributed by atoms with E-state index in [-0.39, 0.29) is 0 Å². The van der Waals surface area contributed by atoms with Crippen molar-refractivity contribution in [3.8, 4) is 0 Å². The predicted octanol–water partition coefficient (Wildman–Crippen LogP) is 3.72. The highest BCUT2D eigenvalue weighted by molar-refractivity contribution is 5.60. The van der Waals surface area contributed by atoms with Crippen molar-refractivity contribution in [2.45, 2.75) is 71.9 Å². The molecule has 20 heavy (non-hydrogen) atoms. The van der Waals surface area contributed by atoms with Crippen LogP contribution in [0.25, 0.3) is 0 Å². The molecule has 112 valence electrons. The first-order valence-corrected chi connectivity index (χ1v) is 7.84. The van der Waals surface area contributed by atoms with E-state index in [0.717, 1.165) is 17.5 Å². The molecule has 0 bridgehead atoms. The smallest absolute Gasteiger partial charge is 0.137 e. The Hall–Kier alpha value is -1.32. The van der Waals surface area contributed by atoms with Crippen molar-refractivity contribution in [3.05, 3.63) is 11.4 Å². The third kappa shape index (κ3) is 2.60. The van der Waals surface area contributed by atoms with Crippen LogP contribution in [0.5, 0.6) is 0 Å². The second kappa shape index (κ2) is 5.98. The van der Waals surface area contributed by atoms with Gasteiger partial charge in [-0.05, 0) is 33.1 Å². The summed E-state index contributed by atoms with van der Waals surface area (Å²) in [5, 5.41) is 3.22. The molecule has 2 rings (SSSR count). The van der Waals surface area contributed by atoms with Crippen LogP contribution in [0, 0.1) is 6.92 Å². The summed E-state index contributed by atoms with van der Waals surface area (Å²) < 4.78 is 0. The van der Waals surface area contributed by atoms with E-state index in [4.69, 9.17) is 4.98 Å². The number of hydrogen-bond donors (Lipinski definition) is 1. The number of aromatic nitrogens is 2. The Labute approximate surface area is 123 Å². The maximum atomic E-state index is 4.89. The molecule has 1 aromatic heterocycles. The number of hydrogen-bond acceptors (Lipinski definition) is 4. The highest BCUT2D eigenvalue weighted by Crippen LogP contribution is 2.35. The van der Waals surface area contributed by atoms with Crippen molar-refractivity contribution >= 4 is 11.6 Å². The molecular formula is C16H28N4. The average Bonchev–Trinajstić information content (AvgIpc) is 2.79. The average molecular weight is 276 g/mol. The predicted molar refractivity (Wildman–Crippen MR) is 85.7 cm³/mol. The van der Waals surface area contributed by atoms with Crippen LogP contribution >= 0.6 is 0 Å². The van der Waals surface area contributed by atoms with E-state index in [9.17, 15) is 0 Å². The Bertz CT molecular complexity index is 470. The monoisotopic (exact) mass is 276 g/mol. The lowest BCUT2D eigenvalue weighted by Gasteiger charge is -2.31. The summed E-state index contributed by atoms with van der Waals surface area (Å²) in [6, 6.07) is 1.18. The Balaban J connectivity index is 2.51. The normalized spacial score (nSPS) is 22.6. The number of rotatable bonds is 4. The van der Waals surface area contributed by atoms with E-state index in [0.29, 0.717) is 18.0 Å². The van der Waals surface area contributed by atoms with Crippen molar-refractivity contribution in [2.75, 3.05) is 17.3 Å². The summed E-state index contributed by atoms with van der Waals surface area (Å²) in [6.07, 6.45) is 3.71. The van der Waals surface area contributed by atoms with E-state index in [1.165, 1.54) is 24.8 Å². The molecule has 0 aromatic carbocycles. The van der Waals surface area contributed by atoms with Crippen LogP contribution in [-0.2, 0) is 0 Å². The van der Waals surface area contributed by atoms with Gasteiger partial charge in [-0.3, -0.25) is 0 Å². The molecule has 0 aliphatic carbocycles. The van der Waals surface area contributed by atoms with Gasteiger partial charge in [0, 0.05) is 30.6 Å². The molecule has 0 spiro atoms. The minimum Gasteiger partial charge on any atom is -0.373 e. The summed E-state index contributed by atoms with van der Waals surface area (Å²) >= 11 is 0. The summed E-state index contributed by atoms with van der Waals surface area (Å²) in [5.74, 6) is 3.38. The van der Waals surface area contributed by atoms with Crippen molar-refractivity contribution < 1.29 is 0 Å². The fraction of sp³-hybridized carbons (Fsp3) is 0.750. The van der Waals surface area contributed by atoms with E-state index >= 15 is 0 Å². The van der Waals surface area contributed by atoms with Crippen LogP contribution in [-0.4, -0.2) is 29.1 Å². The van der Waals surface area contributed by atoms with Gasteiger partial charge in [-0.1, -0.05) is 20.8 Å². The lowest BCUT2D eigenvalue weighted by Crippen LogP contribution is -2.36. The second-order valence-corrected chi connectivity index (χ2v) is 6.18. The number of anilines is 2. The van der Waals surface area contributed by atoms with Crippen molar-refractivity contribution in [1.82, 2.24) is 9.97 Å². The molecule has 1 saturated heterocycles. The highest BCUT2D eigenvalue weighted by Gasteiger charge is 2.32. The molecule has 0 radical (unpaired) electrons. The van der Waals surface area contributed by atoms with Gasteiger partial charge < -0.3 is 10.2 Å². The first-order chi connectivity index (χ1) is 9.49. The lowest BCUT2D eigenvalue weighted by atomic mass is 10.1. The molecule has 2 unspecified atom stereocenters. The zero-order valence-corrected chi connectivity index (χ0v) is 13.7. The van der Waals surface area contributed by atoms with Crippen molar-refractivity contribution in [2.24, 2.45) is 0 Å². The third-order valence-corrected chi connectivity index (χ3v) is 4.39. The van der Waals surface area contributed by atoms with E-state index in [1.807, 2.05) is 7.05 Å². The summed E-state index contributed by atoms with van der Waals surface area (Å²) in [4.78, 5) is 12.1. The molecule has 1 aliphatic heterocycles. The molecule has 0 amide bonds. The fourth-order valence-electron chi connectivity index (χ4n) is 3.13. The molecule has 1 fully saturated rings. The first kappa shape index (κ1) is 15.1. The van der Waals surface area contributed by atoms with Gasteiger partial charge in [-0.15, -0.1) is 0 Å². The first-order valence-electron chi connectivity index (χ1n) is 7.84. The third-order valence-electron chi connectivity index (χ3n) is 4.39. The molecule has 1 aromatic rings. The quantitative estimate of drug-likeness (QED) is 0.910. The Morgan fingerprint density at radius 2 is 2.00 bits per heavy atom. The van der Waals surface area contributed by atoms with Gasteiger partial charge in [0.05, 0.1) is 0 Å². The van der Waals surface area contributed by atoms with Gasteiger partial charge in [0.1, 0.15) is 17.5 Å². The van der Waals surface area contributed by atoms with Crippen LogP contribution in [0.4, 0.5) is 11.6 Å². The minimum absolute atomic E-state index is 0.347.